The van der Waals surface area contributed by atoms with Crippen LogP contribution < -0.4 is 5.32 Å². The highest BCUT2D eigenvalue weighted by Crippen LogP contribution is 2.13. The number of thiocarbonyl (C=S) groups is 1. The molecule has 90 valence electrons. The van der Waals surface area contributed by atoms with Gasteiger partial charge in [0.15, 0.2) is 5.11 Å². The number of nitrogens with one attached hydrogen (secondary N) is 1. The van der Waals surface area contributed by atoms with Crippen LogP contribution in [0.15, 0.2) is 11.8 Å². The molecule has 0 bridgehead atoms. The molecule has 0 aliphatic carbocycles. The highest BCUT2D eigenvalue weighted by molar-refractivity contribution is 7.80. The van der Waals surface area contributed by atoms with Crippen LogP contribution in [-0.2, 0) is 11.8 Å². The highest BCUT2D eigenvalue weighted by Gasteiger charge is 2.29. The Kier molecular flexibility index (Phi) is 2.97. The molecule has 2 rings (SSSR count). The van der Waals surface area contributed by atoms with Crippen molar-refractivity contribution >= 4 is 29.3 Å². The minimum absolute atomic E-state index is 0.0965. The molecule has 0 radical (unpaired) electrons. The van der Waals surface area contributed by atoms with Crippen LogP contribution in [0.25, 0.3) is 6.08 Å². The second kappa shape index (κ2) is 4.29. The molecule has 1 N–H and O–H groups in total. The molecule has 1 aliphatic heterocycles. The van der Waals surface area contributed by atoms with Gasteiger partial charge in [-0.2, -0.15) is 5.10 Å². The minimum atomic E-state index is -0.0965. The normalized spacial score (nSPS) is 18.1. The van der Waals surface area contributed by atoms with Crippen molar-refractivity contribution in [2.24, 2.45) is 7.05 Å². The summed E-state index contributed by atoms with van der Waals surface area (Å²) >= 11 is 5.07. The molecule has 0 atom stereocenters. The summed E-state index contributed by atoms with van der Waals surface area (Å²) in [5.41, 5.74) is 2.27. The van der Waals surface area contributed by atoms with Crippen molar-refractivity contribution in [3.8, 4) is 0 Å². The van der Waals surface area contributed by atoms with Crippen LogP contribution >= 0.6 is 12.2 Å². The second-order valence-electron chi connectivity index (χ2n) is 3.87. The number of hydrogen-bond acceptors (Lipinski definition) is 3. The molecule has 1 amide bonds. The summed E-state index contributed by atoms with van der Waals surface area (Å²) in [6, 6.07) is 1.92. The molecule has 1 aliphatic rings. The quantitative estimate of drug-likeness (QED) is 0.623. The first-order valence-corrected chi connectivity index (χ1v) is 5.79. The molecule has 5 nitrogen and oxygen atoms in total. The lowest BCUT2D eigenvalue weighted by atomic mass is 10.3. The molecule has 0 aromatic carbocycles. The Morgan fingerprint density at radius 2 is 2.29 bits per heavy atom. The molecule has 1 aromatic heterocycles. The van der Waals surface area contributed by atoms with Crippen molar-refractivity contribution < 1.29 is 4.79 Å². The van der Waals surface area contributed by atoms with Gasteiger partial charge in [0.2, 0.25) is 0 Å². The monoisotopic (exact) mass is 250 g/mol. The fraction of sp³-hybridized carbons (Fsp3) is 0.364. The molecule has 0 unspecified atom stereocenters. The van der Waals surface area contributed by atoms with E-state index in [1.165, 1.54) is 4.90 Å². The van der Waals surface area contributed by atoms with E-state index in [0.717, 1.165) is 11.4 Å². The number of carbonyl (C=O) groups excluding carboxylic acids is 1. The van der Waals surface area contributed by atoms with Crippen LogP contribution in [0.2, 0.25) is 0 Å². The van der Waals surface area contributed by atoms with Crippen LogP contribution in [0, 0.1) is 6.92 Å². The summed E-state index contributed by atoms with van der Waals surface area (Å²) in [6.07, 6.45) is 1.72. The molecule has 17 heavy (non-hydrogen) atoms. The third-order valence-corrected chi connectivity index (χ3v) is 3.03. The first-order valence-electron chi connectivity index (χ1n) is 5.38. The number of aromatic nitrogens is 2. The zero-order chi connectivity index (χ0) is 12.6. The lowest BCUT2D eigenvalue weighted by Gasteiger charge is -2.08. The minimum Gasteiger partial charge on any atom is -0.328 e. The van der Waals surface area contributed by atoms with Crippen molar-refractivity contribution in [3.05, 3.63) is 23.2 Å². The maximum atomic E-state index is 11.9. The molecule has 1 aromatic rings. The summed E-state index contributed by atoms with van der Waals surface area (Å²) in [7, 11) is 1.87. The van der Waals surface area contributed by atoms with Gasteiger partial charge in [-0.25, -0.2) is 0 Å². The number of nitrogens with zero attached hydrogens (tertiary/aromatic N) is 3. The van der Waals surface area contributed by atoms with Crippen LogP contribution in [0.3, 0.4) is 0 Å². The van der Waals surface area contributed by atoms with Gasteiger partial charge in [0.25, 0.3) is 5.91 Å². The van der Waals surface area contributed by atoms with E-state index in [1.54, 1.807) is 10.8 Å². The molecule has 0 saturated carbocycles. The van der Waals surface area contributed by atoms with Gasteiger partial charge < -0.3 is 5.32 Å². The Labute approximate surface area is 105 Å². The third-order valence-electron chi connectivity index (χ3n) is 2.70. The lowest BCUT2D eigenvalue weighted by molar-refractivity contribution is -0.122. The predicted octanol–water partition coefficient (Wildman–Crippen LogP) is 0.806. The molecule has 6 heteroatoms. The summed E-state index contributed by atoms with van der Waals surface area (Å²) < 4.78 is 1.77. The van der Waals surface area contributed by atoms with Gasteiger partial charge >= 0.3 is 0 Å². The third kappa shape index (κ3) is 2.08. The average Bonchev–Trinajstić information content (AvgIpc) is 2.70. The smallest absolute Gasteiger partial charge is 0.276 e. The highest BCUT2D eigenvalue weighted by atomic mass is 32.1. The van der Waals surface area contributed by atoms with Crippen LogP contribution in [0.1, 0.15) is 18.3 Å². The maximum absolute atomic E-state index is 11.9. The van der Waals surface area contributed by atoms with Crippen LogP contribution in [0.4, 0.5) is 0 Å². The molecule has 0 spiro atoms. The predicted molar refractivity (Wildman–Crippen MR) is 69.0 cm³/mol. The van der Waals surface area contributed by atoms with E-state index >= 15 is 0 Å². The molecule has 1 saturated heterocycles. The van der Waals surface area contributed by atoms with E-state index in [9.17, 15) is 4.79 Å². The van der Waals surface area contributed by atoms with E-state index in [0.29, 0.717) is 17.4 Å². The Morgan fingerprint density at radius 3 is 2.76 bits per heavy atom. The van der Waals surface area contributed by atoms with Gasteiger partial charge in [-0.3, -0.25) is 14.4 Å². The topological polar surface area (TPSA) is 50.2 Å². The fourth-order valence-electron chi connectivity index (χ4n) is 1.67. The first kappa shape index (κ1) is 11.8. The largest absolute Gasteiger partial charge is 0.328 e. The van der Waals surface area contributed by atoms with Gasteiger partial charge in [-0.15, -0.1) is 0 Å². The molecular formula is C11H14N4OS. The van der Waals surface area contributed by atoms with Crippen LogP contribution in [-0.4, -0.2) is 32.2 Å². The van der Waals surface area contributed by atoms with Crippen molar-refractivity contribution in [2.75, 3.05) is 6.54 Å². The summed E-state index contributed by atoms with van der Waals surface area (Å²) in [6.45, 7) is 4.42. The van der Waals surface area contributed by atoms with Gasteiger partial charge in [0.1, 0.15) is 5.70 Å². The number of amides is 1. The molecule has 2 heterocycles. The summed E-state index contributed by atoms with van der Waals surface area (Å²) in [5.74, 6) is -0.0965. The van der Waals surface area contributed by atoms with Crippen molar-refractivity contribution in [2.45, 2.75) is 13.8 Å². The fourth-order valence-corrected chi connectivity index (χ4v) is 1.99. The molecule has 1 fully saturated rings. The first-order chi connectivity index (χ1) is 8.02. The Balaban J connectivity index is 2.30. The Morgan fingerprint density at radius 1 is 1.59 bits per heavy atom. The maximum Gasteiger partial charge on any atom is 0.276 e. The van der Waals surface area contributed by atoms with E-state index in [1.807, 2.05) is 27.0 Å². The molecular weight excluding hydrogens is 236 g/mol. The summed E-state index contributed by atoms with van der Waals surface area (Å²) in [5, 5.41) is 7.63. The SMILES string of the molecule is CCN1C(=O)/C(=C\c2cc(C)n(C)n2)NC1=S. The number of rotatable bonds is 2. The van der Waals surface area contributed by atoms with Gasteiger partial charge in [0.05, 0.1) is 5.69 Å². The van der Waals surface area contributed by atoms with E-state index < -0.39 is 0 Å². The summed E-state index contributed by atoms with van der Waals surface area (Å²) in [4.78, 5) is 13.4. The Hall–Kier alpha value is -1.69. The standard InChI is InChI=1S/C11H14N4OS/c1-4-15-10(16)9(12-11(15)17)6-8-5-7(2)14(3)13-8/h5-6H,4H2,1-3H3,(H,12,17)/b9-6+. The number of aryl methyl sites for hydroxylation is 2. The zero-order valence-electron chi connectivity index (χ0n) is 10.0. The zero-order valence-corrected chi connectivity index (χ0v) is 10.8. The van der Waals surface area contributed by atoms with Crippen molar-refractivity contribution in [1.29, 1.82) is 0 Å². The van der Waals surface area contributed by atoms with Crippen molar-refractivity contribution in [3.63, 3.8) is 0 Å². The van der Waals surface area contributed by atoms with Crippen molar-refractivity contribution in [1.82, 2.24) is 20.0 Å². The van der Waals surface area contributed by atoms with E-state index in [-0.39, 0.29) is 5.91 Å². The lowest BCUT2D eigenvalue weighted by Crippen LogP contribution is -2.30. The number of hydrogen-bond donors (Lipinski definition) is 1. The van der Waals surface area contributed by atoms with E-state index in [4.69, 9.17) is 12.2 Å². The van der Waals surface area contributed by atoms with E-state index in [2.05, 4.69) is 10.4 Å². The number of likely N-dealkylation sites (N-methyl/N-ethyl adjacent to an activating group) is 1. The van der Waals surface area contributed by atoms with Gasteiger partial charge in [0, 0.05) is 19.3 Å². The average molecular weight is 250 g/mol. The second-order valence-corrected chi connectivity index (χ2v) is 4.26. The number of carbonyl (C=O) groups is 1. The van der Waals surface area contributed by atoms with Gasteiger partial charge in [-0.05, 0) is 38.2 Å². The Bertz CT molecular complexity index is 498. The van der Waals surface area contributed by atoms with Crippen LogP contribution in [0.5, 0.6) is 0 Å². The van der Waals surface area contributed by atoms with Gasteiger partial charge in [-0.1, -0.05) is 0 Å².